The van der Waals surface area contributed by atoms with E-state index in [-0.39, 0.29) is 11.6 Å². The van der Waals surface area contributed by atoms with Crippen LogP contribution in [0.2, 0.25) is 0 Å². The lowest BCUT2D eigenvalue weighted by atomic mass is 10.0. The van der Waals surface area contributed by atoms with E-state index in [1.807, 2.05) is 30.3 Å². The number of nitrogens with one attached hydrogen (secondary N) is 1. The molecule has 1 fully saturated rings. The second-order valence-electron chi connectivity index (χ2n) is 7.98. The van der Waals surface area contributed by atoms with Crippen LogP contribution in [0.3, 0.4) is 0 Å². The fourth-order valence-corrected chi connectivity index (χ4v) is 3.90. The topological polar surface area (TPSA) is 91.6 Å². The highest BCUT2D eigenvalue weighted by Gasteiger charge is 2.24. The number of piperidine rings is 1. The van der Waals surface area contributed by atoms with Gasteiger partial charge in [-0.25, -0.2) is 0 Å². The fourth-order valence-electron chi connectivity index (χ4n) is 3.90. The van der Waals surface area contributed by atoms with E-state index in [0.717, 1.165) is 56.7 Å². The Morgan fingerprint density at radius 2 is 1.97 bits per heavy atom. The minimum atomic E-state index is -0.413. The number of benzene rings is 1. The van der Waals surface area contributed by atoms with Crippen molar-refractivity contribution in [2.24, 2.45) is 0 Å². The van der Waals surface area contributed by atoms with Crippen molar-refractivity contribution in [3.63, 3.8) is 0 Å². The molecule has 0 radical (unpaired) electrons. The number of non-ortho nitro benzene ring substituents is 1. The molecule has 0 saturated carbocycles. The summed E-state index contributed by atoms with van der Waals surface area (Å²) in [5, 5.41) is 13.9. The smallest absolute Gasteiger partial charge is 0.269 e. The Kier molecular flexibility index (Phi) is 8.35. The summed E-state index contributed by atoms with van der Waals surface area (Å²) in [6.07, 6.45) is 6.03. The molecule has 1 aromatic carbocycles. The van der Waals surface area contributed by atoms with Crippen molar-refractivity contribution in [1.82, 2.24) is 14.8 Å². The van der Waals surface area contributed by atoms with Gasteiger partial charge in [0.1, 0.15) is 0 Å². The van der Waals surface area contributed by atoms with E-state index >= 15 is 0 Å². The number of pyridine rings is 1. The maximum absolute atomic E-state index is 12.6. The zero-order chi connectivity index (χ0) is 22.1. The Labute approximate surface area is 183 Å². The van der Waals surface area contributed by atoms with Gasteiger partial charge in [-0.05, 0) is 43.5 Å². The maximum Gasteiger partial charge on any atom is 0.269 e. The number of hydrogen-bond donors (Lipinski definition) is 1. The summed E-state index contributed by atoms with van der Waals surface area (Å²) in [4.78, 5) is 31.6. The first-order valence-electron chi connectivity index (χ1n) is 10.9. The Morgan fingerprint density at radius 3 is 2.61 bits per heavy atom. The van der Waals surface area contributed by atoms with Crippen LogP contribution in [0, 0.1) is 10.1 Å². The maximum atomic E-state index is 12.6. The quantitative estimate of drug-likeness (QED) is 0.357. The van der Waals surface area contributed by atoms with E-state index in [4.69, 9.17) is 0 Å². The average Bonchev–Trinajstić information content (AvgIpc) is 2.81. The number of nitro groups is 1. The lowest BCUT2D eigenvalue weighted by molar-refractivity contribution is -0.384. The Balaban J connectivity index is 1.31. The number of carbonyl (C=O) groups excluding carboxylic acids is 1. The van der Waals surface area contributed by atoms with Crippen LogP contribution in [0.25, 0.3) is 0 Å². The number of amides is 1. The van der Waals surface area contributed by atoms with Gasteiger partial charge in [0.2, 0.25) is 5.91 Å². The Bertz CT molecular complexity index is 836. The number of rotatable bonds is 10. The van der Waals surface area contributed by atoms with E-state index in [2.05, 4.69) is 21.3 Å². The van der Waals surface area contributed by atoms with Crippen LogP contribution in [0.1, 0.15) is 31.4 Å². The van der Waals surface area contributed by atoms with Gasteiger partial charge < -0.3 is 15.1 Å². The normalized spacial score (nSPS) is 14.9. The van der Waals surface area contributed by atoms with Crippen molar-refractivity contribution in [3.8, 4) is 0 Å². The first-order chi connectivity index (χ1) is 15.0. The molecule has 1 aromatic heterocycles. The zero-order valence-corrected chi connectivity index (χ0v) is 18.1. The third-order valence-corrected chi connectivity index (χ3v) is 5.88. The van der Waals surface area contributed by atoms with Gasteiger partial charge in [-0.3, -0.25) is 19.9 Å². The molecule has 1 aliphatic heterocycles. The molecule has 3 rings (SSSR count). The molecule has 8 heteroatoms. The molecule has 1 saturated heterocycles. The van der Waals surface area contributed by atoms with Gasteiger partial charge in [0.05, 0.1) is 4.92 Å². The number of aromatic nitrogens is 1. The molecule has 1 aliphatic rings. The van der Waals surface area contributed by atoms with Crippen molar-refractivity contribution in [2.45, 2.75) is 38.1 Å². The van der Waals surface area contributed by atoms with E-state index in [9.17, 15) is 14.9 Å². The highest BCUT2D eigenvalue weighted by atomic mass is 16.6. The highest BCUT2D eigenvalue weighted by Crippen LogP contribution is 2.18. The molecule has 0 bridgehead atoms. The molecule has 2 heterocycles. The molecule has 0 aliphatic carbocycles. The van der Waals surface area contributed by atoms with Crippen molar-refractivity contribution in [1.29, 1.82) is 0 Å². The largest absolute Gasteiger partial charge is 0.385 e. The highest BCUT2D eigenvalue weighted by molar-refractivity contribution is 5.76. The van der Waals surface area contributed by atoms with E-state index in [1.165, 1.54) is 12.1 Å². The zero-order valence-electron chi connectivity index (χ0n) is 18.1. The van der Waals surface area contributed by atoms with Crippen LogP contribution in [-0.4, -0.2) is 64.9 Å². The molecule has 0 spiro atoms. The third kappa shape index (κ3) is 7.03. The number of hydrogen-bond acceptors (Lipinski definition) is 6. The molecular weight excluding hydrogens is 394 g/mol. The summed E-state index contributed by atoms with van der Waals surface area (Å²) in [5.74, 6) is 0.178. The number of nitro benzene ring substituents is 1. The number of anilines is 1. The summed E-state index contributed by atoms with van der Waals surface area (Å²) >= 11 is 0. The van der Waals surface area contributed by atoms with Crippen LogP contribution in [0.5, 0.6) is 0 Å². The number of likely N-dealkylation sites (tertiary alicyclic amines) is 1. The van der Waals surface area contributed by atoms with Crippen LogP contribution >= 0.6 is 0 Å². The predicted molar refractivity (Wildman–Crippen MR) is 121 cm³/mol. The van der Waals surface area contributed by atoms with Crippen LogP contribution < -0.4 is 5.32 Å². The van der Waals surface area contributed by atoms with E-state index < -0.39 is 4.92 Å². The minimum absolute atomic E-state index is 0.0742. The first kappa shape index (κ1) is 22.7. The monoisotopic (exact) mass is 425 g/mol. The van der Waals surface area contributed by atoms with Gasteiger partial charge in [-0.2, -0.15) is 0 Å². The molecule has 1 amide bonds. The van der Waals surface area contributed by atoms with Gasteiger partial charge in [0, 0.05) is 81.8 Å². The molecule has 0 atom stereocenters. The summed E-state index contributed by atoms with van der Waals surface area (Å²) in [6.45, 7) is 3.69. The number of nitrogens with zero attached hydrogens (tertiary/aromatic N) is 4. The van der Waals surface area contributed by atoms with Gasteiger partial charge in [-0.1, -0.05) is 6.07 Å². The predicted octanol–water partition coefficient (Wildman–Crippen LogP) is 3.35. The Morgan fingerprint density at radius 1 is 1.23 bits per heavy atom. The molecule has 2 aromatic rings. The standard InChI is InChI=1S/C23H31N5O3/c1-26(21-12-17-27(18-13-21)16-11-19-5-2-3-14-24-19)23(29)6-4-15-25-20-7-9-22(10-8-20)28(30)31/h2-3,5,7-10,14,21,25H,4,6,11-13,15-18H2,1H3. The van der Waals surface area contributed by atoms with Gasteiger partial charge in [-0.15, -0.1) is 0 Å². The summed E-state index contributed by atoms with van der Waals surface area (Å²) in [5.41, 5.74) is 2.02. The second kappa shape index (κ2) is 11.4. The van der Waals surface area contributed by atoms with Crippen molar-refractivity contribution in [3.05, 3.63) is 64.5 Å². The SMILES string of the molecule is CN(C(=O)CCCNc1ccc([N+](=O)[O-])cc1)C1CCN(CCc2ccccn2)CC1. The molecular formula is C23H31N5O3. The molecule has 1 N–H and O–H groups in total. The van der Waals surface area contributed by atoms with Crippen molar-refractivity contribution >= 4 is 17.3 Å². The summed E-state index contributed by atoms with van der Waals surface area (Å²) in [6, 6.07) is 12.7. The fraction of sp³-hybridized carbons (Fsp3) is 0.478. The van der Waals surface area contributed by atoms with Crippen molar-refractivity contribution in [2.75, 3.05) is 38.5 Å². The number of carbonyl (C=O) groups is 1. The van der Waals surface area contributed by atoms with Crippen LogP contribution in [0.15, 0.2) is 48.7 Å². The molecule has 0 unspecified atom stereocenters. The van der Waals surface area contributed by atoms with E-state index in [1.54, 1.807) is 12.1 Å². The van der Waals surface area contributed by atoms with Gasteiger partial charge in [0.25, 0.3) is 5.69 Å². The lowest BCUT2D eigenvalue weighted by Gasteiger charge is -2.36. The van der Waals surface area contributed by atoms with Crippen LogP contribution in [-0.2, 0) is 11.2 Å². The molecule has 8 nitrogen and oxygen atoms in total. The molecule has 166 valence electrons. The Hall–Kier alpha value is -3.00. The first-order valence-corrected chi connectivity index (χ1v) is 10.9. The lowest BCUT2D eigenvalue weighted by Crippen LogP contribution is -2.46. The summed E-state index contributed by atoms with van der Waals surface area (Å²) < 4.78 is 0. The minimum Gasteiger partial charge on any atom is -0.385 e. The second-order valence-corrected chi connectivity index (χ2v) is 7.98. The van der Waals surface area contributed by atoms with Gasteiger partial charge in [0.15, 0.2) is 0 Å². The molecule has 31 heavy (non-hydrogen) atoms. The average molecular weight is 426 g/mol. The summed E-state index contributed by atoms with van der Waals surface area (Å²) in [7, 11) is 1.92. The van der Waals surface area contributed by atoms with Gasteiger partial charge >= 0.3 is 0 Å². The van der Waals surface area contributed by atoms with Crippen molar-refractivity contribution < 1.29 is 9.72 Å². The third-order valence-electron chi connectivity index (χ3n) is 5.88. The van der Waals surface area contributed by atoms with Crippen LogP contribution in [0.4, 0.5) is 11.4 Å². The van der Waals surface area contributed by atoms with E-state index in [0.29, 0.717) is 19.0 Å².